The first kappa shape index (κ1) is 17.2. The Morgan fingerprint density at radius 1 is 1.29 bits per heavy atom. The molecule has 2 heterocycles. The molecule has 1 atom stereocenters. The third kappa shape index (κ3) is 4.28. The van der Waals surface area contributed by atoms with E-state index in [1.165, 1.54) is 0 Å². The van der Waals surface area contributed by atoms with Crippen molar-refractivity contribution in [3.63, 3.8) is 0 Å². The first-order valence-corrected chi connectivity index (χ1v) is 8.92. The van der Waals surface area contributed by atoms with Gasteiger partial charge in [0.15, 0.2) is 0 Å². The predicted octanol–water partition coefficient (Wildman–Crippen LogP) is 2.12. The number of nitrogens with zero attached hydrogens (tertiary/aromatic N) is 2. The fourth-order valence-corrected chi connectivity index (χ4v) is 3.52. The van der Waals surface area contributed by atoms with Gasteiger partial charge in [0.1, 0.15) is 0 Å². The minimum atomic E-state index is -0.0315. The van der Waals surface area contributed by atoms with E-state index in [2.05, 4.69) is 0 Å². The van der Waals surface area contributed by atoms with Crippen molar-refractivity contribution in [1.29, 1.82) is 0 Å². The first-order valence-electron chi connectivity index (χ1n) is 8.54. The molecule has 0 N–H and O–H groups in total. The predicted molar refractivity (Wildman–Crippen MR) is 91.9 cm³/mol. The number of morpholine rings is 1. The summed E-state index contributed by atoms with van der Waals surface area (Å²) >= 11 is 6.20. The zero-order valence-electron chi connectivity index (χ0n) is 13.7. The molecule has 0 saturated carbocycles. The summed E-state index contributed by atoms with van der Waals surface area (Å²) in [4.78, 5) is 27.7. The van der Waals surface area contributed by atoms with Crippen LogP contribution in [0.25, 0.3) is 0 Å². The summed E-state index contributed by atoms with van der Waals surface area (Å²) in [5.41, 5.74) is 1.04. The van der Waals surface area contributed by atoms with Gasteiger partial charge in [-0.3, -0.25) is 9.59 Å². The van der Waals surface area contributed by atoms with Crippen LogP contribution in [0.2, 0.25) is 5.02 Å². The molecule has 2 saturated heterocycles. The van der Waals surface area contributed by atoms with E-state index in [1.807, 2.05) is 29.2 Å². The summed E-state index contributed by atoms with van der Waals surface area (Å²) < 4.78 is 5.80. The van der Waals surface area contributed by atoms with Gasteiger partial charge in [-0.25, -0.2) is 0 Å². The minimum absolute atomic E-state index is 0.0315. The van der Waals surface area contributed by atoms with Crippen LogP contribution in [0.15, 0.2) is 24.3 Å². The standard InChI is InChI=1S/C18H23ClN2O3/c19-16-5-2-1-4-14(16)12-15-13-21(10-11-24-15)18(23)7-9-20-8-3-6-17(20)22/h1-2,4-5,15H,3,6-13H2. The van der Waals surface area contributed by atoms with E-state index in [0.717, 1.165) is 23.6 Å². The molecule has 0 bridgehead atoms. The van der Waals surface area contributed by atoms with Gasteiger partial charge >= 0.3 is 0 Å². The number of benzene rings is 1. The zero-order valence-corrected chi connectivity index (χ0v) is 14.5. The molecule has 0 spiro atoms. The number of halogens is 1. The monoisotopic (exact) mass is 350 g/mol. The van der Waals surface area contributed by atoms with Crippen LogP contribution in [-0.2, 0) is 20.7 Å². The van der Waals surface area contributed by atoms with E-state index in [-0.39, 0.29) is 17.9 Å². The van der Waals surface area contributed by atoms with Crippen LogP contribution < -0.4 is 0 Å². The topological polar surface area (TPSA) is 49.9 Å². The molecular formula is C18H23ClN2O3. The molecule has 0 aromatic heterocycles. The van der Waals surface area contributed by atoms with Crippen molar-refractivity contribution in [3.8, 4) is 0 Å². The summed E-state index contributed by atoms with van der Waals surface area (Å²) in [5, 5.41) is 0.733. The number of amides is 2. The lowest BCUT2D eigenvalue weighted by atomic mass is 10.1. The number of hydrogen-bond acceptors (Lipinski definition) is 3. The molecule has 1 unspecified atom stereocenters. The van der Waals surface area contributed by atoms with Gasteiger partial charge in [0.2, 0.25) is 11.8 Å². The lowest BCUT2D eigenvalue weighted by Crippen LogP contribution is -2.47. The molecule has 6 heteroatoms. The largest absolute Gasteiger partial charge is 0.374 e. The Morgan fingerprint density at radius 2 is 2.12 bits per heavy atom. The summed E-state index contributed by atoms with van der Waals surface area (Å²) in [5.74, 6) is 0.267. The quantitative estimate of drug-likeness (QED) is 0.817. The highest BCUT2D eigenvalue weighted by Gasteiger charge is 2.26. The lowest BCUT2D eigenvalue weighted by molar-refractivity contribution is -0.139. The Kier molecular flexibility index (Phi) is 5.74. The van der Waals surface area contributed by atoms with Gasteiger partial charge in [-0.15, -0.1) is 0 Å². The number of carbonyl (C=O) groups is 2. The highest BCUT2D eigenvalue weighted by molar-refractivity contribution is 6.31. The van der Waals surface area contributed by atoms with Crippen LogP contribution in [-0.4, -0.2) is 60.5 Å². The van der Waals surface area contributed by atoms with Crippen molar-refractivity contribution in [2.75, 3.05) is 32.8 Å². The molecule has 130 valence electrons. The van der Waals surface area contributed by atoms with Gasteiger partial charge in [0.25, 0.3) is 0 Å². The fraction of sp³-hybridized carbons (Fsp3) is 0.556. The molecule has 0 aliphatic carbocycles. The van der Waals surface area contributed by atoms with Gasteiger partial charge in [-0.2, -0.15) is 0 Å². The van der Waals surface area contributed by atoms with E-state index >= 15 is 0 Å². The van der Waals surface area contributed by atoms with Crippen molar-refractivity contribution in [3.05, 3.63) is 34.9 Å². The van der Waals surface area contributed by atoms with Crippen molar-refractivity contribution in [2.45, 2.75) is 31.8 Å². The van der Waals surface area contributed by atoms with Crippen molar-refractivity contribution in [1.82, 2.24) is 9.80 Å². The molecule has 1 aromatic rings. The Hall–Kier alpha value is -1.59. The summed E-state index contributed by atoms with van der Waals surface area (Å²) in [7, 11) is 0. The van der Waals surface area contributed by atoms with Crippen molar-refractivity contribution >= 4 is 23.4 Å². The Balaban J connectivity index is 1.50. The lowest BCUT2D eigenvalue weighted by Gasteiger charge is -2.33. The number of carbonyl (C=O) groups excluding carboxylic acids is 2. The maximum absolute atomic E-state index is 12.4. The fourth-order valence-electron chi connectivity index (χ4n) is 3.31. The molecule has 5 nitrogen and oxygen atoms in total. The van der Waals surface area contributed by atoms with Crippen LogP contribution >= 0.6 is 11.6 Å². The third-order valence-corrected chi connectivity index (χ3v) is 5.03. The number of hydrogen-bond donors (Lipinski definition) is 0. The van der Waals surface area contributed by atoms with Crippen LogP contribution in [0.5, 0.6) is 0 Å². The van der Waals surface area contributed by atoms with Gasteiger partial charge in [-0.1, -0.05) is 29.8 Å². The van der Waals surface area contributed by atoms with Crippen LogP contribution in [0, 0.1) is 0 Å². The molecule has 2 aliphatic heterocycles. The molecule has 24 heavy (non-hydrogen) atoms. The van der Waals surface area contributed by atoms with Crippen molar-refractivity contribution < 1.29 is 14.3 Å². The molecule has 0 radical (unpaired) electrons. The van der Waals surface area contributed by atoms with Gasteiger partial charge in [0, 0.05) is 50.5 Å². The maximum atomic E-state index is 12.4. The average Bonchev–Trinajstić information content (AvgIpc) is 3.00. The first-order chi connectivity index (χ1) is 11.6. The highest BCUT2D eigenvalue weighted by atomic mass is 35.5. The van der Waals surface area contributed by atoms with Gasteiger partial charge in [-0.05, 0) is 18.1 Å². The number of ether oxygens (including phenoxy) is 1. The van der Waals surface area contributed by atoms with E-state index < -0.39 is 0 Å². The van der Waals surface area contributed by atoms with Crippen LogP contribution in [0.3, 0.4) is 0 Å². The Bertz CT molecular complexity index is 608. The summed E-state index contributed by atoms with van der Waals surface area (Å²) in [6, 6.07) is 7.73. The van der Waals surface area contributed by atoms with Gasteiger partial charge in [0.05, 0.1) is 12.7 Å². The minimum Gasteiger partial charge on any atom is -0.374 e. The molecule has 2 amide bonds. The zero-order chi connectivity index (χ0) is 16.9. The average molecular weight is 351 g/mol. The van der Waals surface area contributed by atoms with E-state index in [0.29, 0.717) is 45.5 Å². The Morgan fingerprint density at radius 3 is 2.88 bits per heavy atom. The number of likely N-dealkylation sites (tertiary alicyclic amines) is 1. The summed E-state index contributed by atoms with van der Waals surface area (Å²) in [6.07, 6.45) is 2.59. The van der Waals surface area contributed by atoms with Gasteiger partial charge < -0.3 is 14.5 Å². The molecule has 2 aliphatic rings. The molecule has 2 fully saturated rings. The second-order valence-corrected chi connectivity index (χ2v) is 6.77. The maximum Gasteiger partial charge on any atom is 0.224 e. The summed E-state index contributed by atoms with van der Waals surface area (Å²) in [6.45, 7) is 3.06. The van der Waals surface area contributed by atoms with E-state index in [1.54, 1.807) is 4.90 Å². The Labute approximate surface area is 147 Å². The molecule has 3 rings (SSSR count). The smallest absolute Gasteiger partial charge is 0.224 e. The second-order valence-electron chi connectivity index (χ2n) is 6.36. The van der Waals surface area contributed by atoms with Crippen LogP contribution in [0.4, 0.5) is 0 Å². The number of rotatable bonds is 5. The third-order valence-electron chi connectivity index (χ3n) is 4.66. The highest BCUT2D eigenvalue weighted by Crippen LogP contribution is 2.20. The molecular weight excluding hydrogens is 328 g/mol. The SMILES string of the molecule is O=C1CCCN1CCC(=O)N1CCOC(Cc2ccccc2Cl)C1. The van der Waals surface area contributed by atoms with E-state index in [9.17, 15) is 9.59 Å². The van der Waals surface area contributed by atoms with Crippen molar-refractivity contribution in [2.24, 2.45) is 0 Å². The van der Waals surface area contributed by atoms with Crippen LogP contribution in [0.1, 0.15) is 24.8 Å². The van der Waals surface area contributed by atoms with E-state index in [4.69, 9.17) is 16.3 Å². The second kappa shape index (κ2) is 7.99. The molecule has 1 aromatic carbocycles. The normalized spacial score (nSPS) is 21.4.